The standard InChI is InChI=1S/C19H24N2O4S/c22-19(20-9-4-10-21-11-13-24-14-12-21)18-8-7-16(25-18)15-26(23)17-5-2-1-3-6-17/h1-3,5-8H,4,9-15H2,(H,20,22)/t26-/m1/s1. The zero-order valence-corrected chi connectivity index (χ0v) is 15.5. The molecule has 1 aliphatic rings. The van der Waals surface area contributed by atoms with E-state index in [2.05, 4.69) is 10.2 Å². The SMILES string of the molecule is O=C(NCCCN1CCOCC1)c1ccc(C[S@@](=O)c2ccccc2)o1. The van der Waals surface area contributed by atoms with Crippen molar-refractivity contribution in [1.29, 1.82) is 0 Å². The predicted molar refractivity (Wildman–Crippen MR) is 99.5 cm³/mol. The first-order chi connectivity index (χ1) is 12.7. The van der Waals surface area contributed by atoms with Crippen LogP contribution >= 0.6 is 0 Å². The van der Waals surface area contributed by atoms with Gasteiger partial charge >= 0.3 is 0 Å². The van der Waals surface area contributed by atoms with Crippen molar-refractivity contribution in [2.24, 2.45) is 0 Å². The van der Waals surface area contributed by atoms with E-state index in [4.69, 9.17) is 9.15 Å². The lowest BCUT2D eigenvalue weighted by atomic mass is 10.3. The van der Waals surface area contributed by atoms with E-state index >= 15 is 0 Å². The molecule has 6 nitrogen and oxygen atoms in total. The molecule has 1 aliphatic heterocycles. The number of carbonyl (C=O) groups excluding carboxylic acids is 1. The van der Waals surface area contributed by atoms with E-state index in [0.29, 0.717) is 12.3 Å². The monoisotopic (exact) mass is 376 g/mol. The van der Waals surface area contributed by atoms with Gasteiger partial charge in [0.2, 0.25) is 0 Å². The first-order valence-corrected chi connectivity index (χ1v) is 10.1. The molecule has 1 N–H and O–H groups in total. The molecular weight excluding hydrogens is 352 g/mol. The van der Waals surface area contributed by atoms with Gasteiger partial charge in [0.1, 0.15) is 5.76 Å². The largest absolute Gasteiger partial charge is 0.455 e. The van der Waals surface area contributed by atoms with E-state index < -0.39 is 10.8 Å². The predicted octanol–water partition coefficient (Wildman–Crippen LogP) is 2.04. The average molecular weight is 376 g/mol. The summed E-state index contributed by atoms with van der Waals surface area (Å²) in [6, 6.07) is 12.6. The van der Waals surface area contributed by atoms with Gasteiger partial charge in [-0.15, -0.1) is 0 Å². The molecule has 26 heavy (non-hydrogen) atoms. The molecule has 1 atom stereocenters. The van der Waals surface area contributed by atoms with Crippen molar-refractivity contribution in [3.8, 4) is 0 Å². The number of carbonyl (C=O) groups is 1. The van der Waals surface area contributed by atoms with Crippen molar-refractivity contribution in [3.63, 3.8) is 0 Å². The molecule has 0 radical (unpaired) electrons. The van der Waals surface area contributed by atoms with Gasteiger partial charge in [-0.05, 0) is 37.2 Å². The van der Waals surface area contributed by atoms with Crippen molar-refractivity contribution >= 4 is 16.7 Å². The van der Waals surface area contributed by atoms with Crippen LogP contribution in [0.4, 0.5) is 0 Å². The number of ether oxygens (including phenoxy) is 1. The quantitative estimate of drug-likeness (QED) is 0.714. The van der Waals surface area contributed by atoms with Crippen LogP contribution in [-0.4, -0.2) is 54.4 Å². The van der Waals surface area contributed by atoms with Crippen LogP contribution in [0.15, 0.2) is 51.8 Å². The summed E-state index contributed by atoms with van der Waals surface area (Å²) in [6.07, 6.45) is 0.886. The Labute approximate surface area is 156 Å². The Bertz CT molecular complexity index is 726. The maximum Gasteiger partial charge on any atom is 0.286 e. The second-order valence-corrected chi connectivity index (χ2v) is 7.58. The number of hydrogen-bond acceptors (Lipinski definition) is 5. The van der Waals surface area contributed by atoms with Crippen LogP contribution in [0.2, 0.25) is 0 Å². The first-order valence-electron chi connectivity index (χ1n) is 8.83. The number of hydrogen-bond donors (Lipinski definition) is 1. The van der Waals surface area contributed by atoms with Gasteiger partial charge in [-0.25, -0.2) is 0 Å². The topological polar surface area (TPSA) is 71.8 Å². The number of nitrogens with zero attached hydrogens (tertiary/aromatic N) is 1. The van der Waals surface area contributed by atoms with Crippen LogP contribution in [0.25, 0.3) is 0 Å². The molecule has 0 unspecified atom stereocenters. The summed E-state index contributed by atoms with van der Waals surface area (Å²) in [5.41, 5.74) is 0. The molecule has 0 bridgehead atoms. The molecule has 140 valence electrons. The molecule has 1 amide bonds. The third-order valence-corrected chi connectivity index (χ3v) is 5.55. The molecule has 1 aromatic heterocycles. The first kappa shape index (κ1) is 18.8. The zero-order valence-electron chi connectivity index (χ0n) is 14.7. The molecule has 1 fully saturated rings. The van der Waals surface area contributed by atoms with Gasteiger partial charge in [0.05, 0.1) is 29.8 Å². The minimum absolute atomic E-state index is 0.233. The molecule has 7 heteroatoms. The Morgan fingerprint density at radius 3 is 2.65 bits per heavy atom. The summed E-state index contributed by atoms with van der Waals surface area (Å²) in [5, 5.41) is 2.87. The Morgan fingerprint density at radius 2 is 1.88 bits per heavy atom. The van der Waals surface area contributed by atoms with Crippen molar-refractivity contribution < 1.29 is 18.2 Å². The van der Waals surface area contributed by atoms with E-state index in [-0.39, 0.29) is 17.4 Å². The molecular formula is C19H24N2O4S. The highest BCUT2D eigenvalue weighted by molar-refractivity contribution is 7.84. The lowest BCUT2D eigenvalue weighted by Gasteiger charge is -2.26. The number of amides is 1. The lowest BCUT2D eigenvalue weighted by Crippen LogP contribution is -2.38. The number of furan rings is 1. The highest BCUT2D eigenvalue weighted by atomic mass is 32.2. The van der Waals surface area contributed by atoms with Crippen LogP contribution in [0.3, 0.4) is 0 Å². The highest BCUT2D eigenvalue weighted by Gasteiger charge is 2.14. The smallest absolute Gasteiger partial charge is 0.286 e. The van der Waals surface area contributed by atoms with E-state index in [1.165, 1.54) is 0 Å². The van der Waals surface area contributed by atoms with E-state index in [1.54, 1.807) is 12.1 Å². The summed E-state index contributed by atoms with van der Waals surface area (Å²) in [5.74, 6) is 0.833. The van der Waals surface area contributed by atoms with Crippen molar-refractivity contribution in [1.82, 2.24) is 10.2 Å². The average Bonchev–Trinajstić information content (AvgIpc) is 3.15. The molecule has 1 saturated heterocycles. The molecule has 1 aromatic carbocycles. The van der Waals surface area contributed by atoms with Gasteiger partial charge in [-0.1, -0.05) is 18.2 Å². The van der Waals surface area contributed by atoms with Crippen molar-refractivity contribution in [3.05, 3.63) is 54.0 Å². The Balaban J connectivity index is 1.42. The number of nitrogens with one attached hydrogen (secondary N) is 1. The van der Waals surface area contributed by atoms with E-state index in [9.17, 15) is 9.00 Å². The summed E-state index contributed by atoms with van der Waals surface area (Å²) in [7, 11) is -1.19. The van der Waals surface area contributed by atoms with Gasteiger partial charge in [-0.3, -0.25) is 13.9 Å². The molecule has 0 saturated carbocycles. The molecule has 3 rings (SSSR count). The van der Waals surface area contributed by atoms with Crippen LogP contribution in [0.1, 0.15) is 22.7 Å². The van der Waals surface area contributed by atoms with Crippen LogP contribution < -0.4 is 5.32 Å². The van der Waals surface area contributed by atoms with E-state index in [0.717, 1.165) is 44.2 Å². The zero-order chi connectivity index (χ0) is 18.2. The van der Waals surface area contributed by atoms with Crippen molar-refractivity contribution in [2.45, 2.75) is 17.1 Å². The second-order valence-electron chi connectivity index (χ2n) is 6.13. The fourth-order valence-corrected chi connectivity index (χ4v) is 3.82. The number of morpholine rings is 1. The van der Waals surface area contributed by atoms with Crippen LogP contribution in [0.5, 0.6) is 0 Å². The number of benzene rings is 1. The van der Waals surface area contributed by atoms with Gasteiger partial charge in [0.25, 0.3) is 5.91 Å². The normalized spacial score (nSPS) is 16.3. The minimum atomic E-state index is -1.19. The fraction of sp³-hybridized carbons (Fsp3) is 0.421. The van der Waals surface area contributed by atoms with Gasteiger partial charge < -0.3 is 14.5 Å². The van der Waals surface area contributed by atoms with Gasteiger partial charge in [0, 0.05) is 24.5 Å². The summed E-state index contributed by atoms with van der Waals surface area (Å²) in [4.78, 5) is 15.2. The summed E-state index contributed by atoms with van der Waals surface area (Å²) < 4.78 is 23.2. The van der Waals surface area contributed by atoms with Crippen LogP contribution in [0, 0.1) is 0 Å². The summed E-state index contributed by atoms with van der Waals surface area (Å²) in [6.45, 7) is 5.02. The van der Waals surface area contributed by atoms with Crippen molar-refractivity contribution in [2.75, 3.05) is 39.4 Å². The number of rotatable bonds is 8. The van der Waals surface area contributed by atoms with Gasteiger partial charge in [0.15, 0.2) is 5.76 Å². The minimum Gasteiger partial charge on any atom is -0.455 e. The molecule has 0 spiro atoms. The Kier molecular flexibility index (Phi) is 6.99. The Hall–Kier alpha value is -1.96. The molecule has 0 aliphatic carbocycles. The fourth-order valence-electron chi connectivity index (χ4n) is 2.78. The molecule has 2 aromatic rings. The maximum absolute atomic E-state index is 12.3. The van der Waals surface area contributed by atoms with Gasteiger partial charge in [-0.2, -0.15) is 0 Å². The van der Waals surface area contributed by atoms with Crippen LogP contribution in [-0.2, 0) is 21.3 Å². The molecule has 2 heterocycles. The second kappa shape index (κ2) is 9.66. The Morgan fingerprint density at radius 1 is 1.12 bits per heavy atom. The maximum atomic E-state index is 12.3. The summed E-state index contributed by atoms with van der Waals surface area (Å²) >= 11 is 0. The lowest BCUT2D eigenvalue weighted by molar-refractivity contribution is 0.0374. The third-order valence-electron chi connectivity index (χ3n) is 4.21. The third kappa shape index (κ3) is 5.52. The highest BCUT2D eigenvalue weighted by Crippen LogP contribution is 2.15. The van der Waals surface area contributed by atoms with E-state index in [1.807, 2.05) is 30.3 Å².